The van der Waals surface area contributed by atoms with Crippen LogP contribution in [0, 0.1) is 0 Å². The SMILES string of the molecule is CC1c2ccccc2NC1PCNC(C)(C)C. The van der Waals surface area contributed by atoms with Crippen molar-refractivity contribution in [2.24, 2.45) is 0 Å². The summed E-state index contributed by atoms with van der Waals surface area (Å²) in [4.78, 5) is 0. The summed E-state index contributed by atoms with van der Waals surface area (Å²) in [6, 6.07) is 8.68. The first-order chi connectivity index (χ1) is 7.97. The van der Waals surface area contributed by atoms with Crippen LogP contribution in [0.3, 0.4) is 0 Å². The monoisotopic (exact) mass is 250 g/mol. The minimum absolute atomic E-state index is 0.224. The smallest absolute Gasteiger partial charge is 0.0509 e. The maximum absolute atomic E-state index is 3.64. The predicted molar refractivity (Wildman–Crippen MR) is 78.3 cm³/mol. The Morgan fingerprint density at radius 2 is 2.00 bits per heavy atom. The molecular weight excluding hydrogens is 227 g/mol. The van der Waals surface area contributed by atoms with E-state index in [2.05, 4.69) is 62.6 Å². The van der Waals surface area contributed by atoms with Gasteiger partial charge in [-0.25, -0.2) is 0 Å². The van der Waals surface area contributed by atoms with Gasteiger partial charge in [-0.1, -0.05) is 33.7 Å². The minimum atomic E-state index is 0.224. The molecule has 0 saturated heterocycles. The van der Waals surface area contributed by atoms with Gasteiger partial charge in [-0.05, 0) is 32.4 Å². The fourth-order valence-electron chi connectivity index (χ4n) is 2.15. The van der Waals surface area contributed by atoms with Crippen LogP contribution in [0.2, 0.25) is 0 Å². The first-order valence-corrected chi connectivity index (χ1v) is 7.60. The van der Waals surface area contributed by atoms with Crippen LogP contribution in [0.4, 0.5) is 5.69 Å². The Morgan fingerprint density at radius 1 is 1.29 bits per heavy atom. The third-order valence-corrected chi connectivity index (χ3v) is 4.67. The van der Waals surface area contributed by atoms with Gasteiger partial charge in [0.25, 0.3) is 0 Å². The van der Waals surface area contributed by atoms with Crippen molar-refractivity contribution in [3.8, 4) is 0 Å². The zero-order valence-electron chi connectivity index (χ0n) is 11.2. The van der Waals surface area contributed by atoms with E-state index in [9.17, 15) is 0 Å². The van der Waals surface area contributed by atoms with Gasteiger partial charge in [-0.2, -0.15) is 0 Å². The van der Waals surface area contributed by atoms with Crippen LogP contribution in [-0.2, 0) is 0 Å². The molecule has 2 nitrogen and oxygen atoms in total. The van der Waals surface area contributed by atoms with Gasteiger partial charge in [0.2, 0.25) is 0 Å². The Kier molecular flexibility index (Phi) is 3.75. The molecule has 0 amide bonds. The van der Waals surface area contributed by atoms with Crippen molar-refractivity contribution in [3.05, 3.63) is 29.8 Å². The van der Waals surface area contributed by atoms with Crippen LogP contribution in [0.5, 0.6) is 0 Å². The minimum Gasteiger partial charge on any atom is -0.378 e. The number of hydrogen-bond donors (Lipinski definition) is 2. The summed E-state index contributed by atoms with van der Waals surface area (Å²) in [5, 5.41) is 7.21. The third kappa shape index (κ3) is 3.20. The summed E-state index contributed by atoms with van der Waals surface area (Å²) in [5.74, 6) is 1.23. The highest BCUT2D eigenvalue weighted by atomic mass is 31.1. The number of hydrogen-bond acceptors (Lipinski definition) is 2. The Bertz CT molecular complexity index is 384. The number of nitrogens with one attached hydrogen (secondary N) is 2. The molecule has 0 radical (unpaired) electrons. The van der Waals surface area contributed by atoms with Crippen LogP contribution in [0.15, 0.2) is 24.3 Å². The summed E-state index contributed by atoms with van der Waals surface area (Å²) < 4.78 is 0. The summed E-state index contributed by atoms with van der Waals surface area (Å²) >= 11 is 0. The molecule has 0 aliphatic carbocycles. The molecule has 1 heterocycles. The molecule has 3 heteroatoms. The summed E-state index contributed by atoms with van der Waals surface area (Å²) in [7, 11) is 0.914. The second-order valence-electron chi connectivity index (χ2n) is 5.81. The molecule has 1 aliphatic rings. The molecular formula is C14H23N2P. The second-order valence-corrected chi connectivity index (χ2v) is 7.19. The van der Waals surface area contributed by atoms with Crippen molar-refractivity contribution < 1.29 is 0 Å². The number of para-hydroxylation sites is 1. The molecule has 1 aromatic rings. The van der Waals surface area contributed by atoms with Crippen LogP contribution in [0.25, 0.3) is 0 Å². The quantitative estimate of drug-likeness (QED) is 0.801. The fourth-order valence-corrected chi connectivity index (χ4v) is 3.79. The number of benzene rings is 1. The van der Waals surface area contributed by atoms with Gasteiger partial charge in [0.05, 0.1) is 5.78 Å². The Labute approximate surface area is 106 Å². The highest BCUT2D eigenvalue weighted by Gasteiger charge is 2.27. The van der Waals surface area contributed by atoms with E-state index < -0.39 is 0 Å². The Hall–Kier alpha value is -0.590. The molecule has 0 fully saturated rings. The molecule has 2 N–H and O–H groups in total. The van der Waals surface area contributed by atoms with Gasteiger partial charge in [-0.15, -0.1) is 0 Å². The fraction of sp³-hybridized carbons (Fsp3) is 0.571. The largest absolute Gasteiger partial charge is 0.378 e. The average molecular weight is 250 g/mol. The van der Waals surface area contributed by atoms with Gasteiger partial charge in [-0.3, -0.25) is 0 Å². The van der Waals surface area contributed by atoms with Crippen molar-refractivity contribution >= 4 is 14.3 Å². The van der Waals surface area contributed by atoms with E-state index in [0.717, 1.165) is 14.9 Å². The van der Waals surface area contributed by atoms with E-state index in [1.54, 1.807) is 0 Å². The molecule has 0 saturated carbocycles. The van der Waals surface area contributed by atoms with Gasteiger partial charge < -0.3 is 10.6 Å². The van der Waals surface area contributed by atoms with Gasteiger partial charge in [0, 0.05) is 23.4 Å². The van der Waals surface area contributed by atoms with Crippen molar-refractivity contribution in [2.75, 3.05) is 11.6 Å². The lowest BCUT2D eigenvalue weighted by atomic mass is 10.0. The summed E-state index contributed by atoms with van der Waals surface area (Å²) in [5.41, 5.74) is 3.02. The van der Waals surface area contributed by atoms with Crippen LogP contribution in [-0.4, -0.2) is 17.6 Å². The molecule has 1 aromatic carbocycles. The maximum Gasteiger partial charge on any atom is 0.0509 e. The summed E-state index contributed by atoms with van der Waals surface area (Å²) in [6.45, 7) is 8.99. The standard InChI is InChI=1S/C14H23N2P/c1-10-11-7-5-6-8-12(11)16-13(10)17-9-15-14(2,3)4/h5-8,10,13,15-17H,9H2,1-4H3. The van der Waals surface area contributed by atoms with Gasteiger partial charge >= 0.3 is 0 Å². The predicted octanol–water partition coefficient (Wildman–Crippen LogP) is 3.57. The van der Waals surface area contributed by atoms with Gasteiger partial charge in [0.1, 0.15) is 0 Å². The van der Waals surface area contributed by atoms with Crippen LogP contribution >= 0.6 is 8.58 Å². The molecule has 0 aromatic heterocycles. The highest BCUT2D eigenvalue weighted by molar-refractivity contribution is 7.39. The molecule has 3 atom stereocenters. The Balaban J connectivity index is 1.90. The molecule has 1 aliphatic heterocycles. The van der Waals surface area contributed by atoms with Crippen molar-refractivity contribution in [1.82, 2.24) is 5.32 Å². The zero-order valence-corrected chi connectivity index (χ0v) is 12.2. The van der Waals surface area contributed by atoms with Crippen LogP contribution < -0.4 is 10.6 Å². The van der Waals surface area contributed by atoms with E-state index in [4.69, 9.17) is 0 Å². The molecule has 3 unspecified atom stereocenters. The van der Waals surface area contributed by atoms with Crippen molar-refractivity contribution in [3.63, 3.8) is 0 Å². The summed E-state index contributed by atoms with van der Waals surface area (Å²) in [6.07, 6.45) is 1.10. The number of rotatable bonds is 3. The molecule has 17 heavy (non-hydrogen) atoms. The first-order valence-electron chi connectivity index (χ1n) is 6.31. The van der Waals surface area contributed by atoms with E-state index in [0.29, 0.717) is 11.7 Å². The third-order valence-electron chi connectivity index (χ3n) is 3.20. The topological polar surface area (TPSA) is 24.1 Å². The first kappa shape index (κ1) is 12.9. The maximum atomic E-state index is 3.64. The molecule has 2 rings (SSSR count). The second kappa shape index (κ2) is 4.96. The molecule has 0 spiro atoms. The molecule has 94 valence electrons. The number of fused-ring (bicyclic) bond motifs is 1. The van der Waals surface area contributed by atoms with Crippen molar-refractivity contribution in [2.45, 2.75) is 44.9 Å². The average Bonchev–Trinajstić information content (AvgIpc) is 2.55. The molecule has 0 bridgehead atoms. The normalized spacial score (nSPS) is 24.0. The van der Waals surface area contributed by atoms with E-state index in [1.165, 1.54) is 11.3 Å². The van der Waals surface area contributed by atoms with E-state index >= 15 is 0 Å². The van der Waals surface area contributed by atoms with E-state index in [1.807, 2.05) is 0 Å². The van der Waals surface area contributed by atoms with E-state index in [-0.39, 0.29) is 5.54 Å². The highest BCUT2D eigenvalue weighted by Crippen LogP contribution is 2.42. The lowest BCUT2D eigenvalue weighted by molar-refractivity contribution is 0.460. The Morgan fingerprint density at radius 3 is 2.65 bits per heavy atom. The zero-order chi connectivity index (χ0) is 12.5. The van der Waals surface area contributed by atoms with Crippen LogP contribution in [0.1, 0.15) is 39.2 Å². The van der Waals surface area contributed by atoms with Crippen molar-refractivity contribution in [1.29, 1.82) is 0 Å². The number of anilines is 1. The lowest BCUT2D eigenvalue weighted by Gasteiger charge is -2.23. The van der Waals surface area contributed by atoms with Gasteiger partial charge in [0.15, 0.2) is 0 Å². The lowest BCUT2D eigenvalue weighted by Crippen LogP contribution is -2.35.